The Hall–Kier alpha value is -1.95. The zero-order valence-electron chi connectivity index (χ0n) is 15.4. The highest BCUT2D eigenvalue weighted by Gasteiger charge is 2.27. The molecule has 0 N–H and O–H groups in total. The molecule has 146 valence electrons. The molecule has 4 rings (SSSR count). The first-order chi connectivity index (χ1) is 13.1. The summed E-state index contributed by atoms with van der Waals surface area (Å²) in [5, 5.41) is 0.383. The van der Waals surface area contributed by atoms with Crippen molar-refractivity contribution in [3.63, 3.8) is 0 Å². The molecule has 1 saturated carbocycles. The van der Waals surface area contributed by atoms with Gasteiger partial charge in [-0.25, -0.2) is 0 Å². The quantitative estimate of drug-likeness (QED) is 0.788. The highest BCUT2D eigenvalue weighted by molar-refractivity contribution is 6.32. The Morgan fingerprint density at radius 2 is 1.74 bits per heavy atom. The van der Waals surface area contributed by atoms with Crippen molar-refractivity contribution in [2.24, 2.45) is 5.92 Å². The molecule has 2 aliphatic heterocycles. The third-order valence-electron chi connectivity index (χ3n) is 5.83. The molecule has 1 saturated heterocycles. The SMILES string of the molecule is O=C(CCC1CCCC1)N1CCN(C(=O)c2cc(Cl)c3c(c2)OCO3)CC1. The van der Waals surface area contributed by atoms with Gasteiger partial charge in [0.25, 0.3) is 5.91 Å². The number of rotatable bonds is 4. The average molecular weight is 393 g/mol. The molecule has 2 fully saturated rings. The van der Waals surface area contributed by atoms with Gasteiger partial charge < -0.3 is 19.3 Å². The van der Waals surface area contributed by atoms with Crippen molar-refractivity contribution >= 4 is 23.4 Å². The summed E-state index contributed by atoms with van der Waals surface area (Å²) in [5.74, 6) is 1.86. The molecule has 0 spiro atoms. The number of nitrogens with zero attached hydrogens (tertiary/aromatic N) is 2. The molecule has 0 bridgehead atoms. The molecule has 3 aliphatic rings. The fourth-order valence-corrected chi connectivity index (χ4v) is 4.48. The summed E-state index contributed by atoms with van der Waals surface area (Å²) < 4.78 is 10.6. The van der Waals surface area contributed by atoms with Crippen LogP contribution in [0.1, 0.15) is 48.9 Å². The van der Waals surface area contributed by atoms with Crippen LogP contribution < -0.4 is 9.47 Å². The van der Waals surface area contributed by atoms with Crippen molar-refractivity contribution in [2.45, 2.75) is 38.5 Å². The van der Waals surface area contributed by atoms with Crippen LogP contribution in [0, 0.1) is 5.92 Å². The lowest BCUT2D eigenvalue weighted by atomic mass is 10.0. The second-order valence-electron chi connectivity index (χ2n) is 7.55. The minimum Gasteiger partial charge on any atom is -0.454 e. The first-order valence-electron chi connectivity index (χ1n) is 9.78. The number of fused-ring (bicyclic) bond motifs is 1. The predicted molar refractivity (Wildman–Crippen MR) is 101 cm³/mol. The second-order valence-corrected chi connectivity index (χ2v) is 7.96. The summed E-state index contributed by atoms with van der Waals surface area (Å²) in [6.45, 7) is 2.38. The number of ether oxygens (including phenoxy) is 2. The number of hydrogen-bond acceptors (Lipinski definition) is 4. The Morgan fingerprint density at radius 3 is 2.48 bits per heavy atom. The second kappa shape index (κ2) is 7.97. The number of halogens is 1. The van der Waals surface area contributed by atoms with Crippen LogP contribution in [0.4, 0.5) is 0 Å². The van der Waals surface area contributed by atoms with Gasteiger partial charge in [0.1, 0.15) is 0 Å². The molecule has 0 aromatic heterocycles. The van der Waals surface area contributed by atoms with E-state index < -0.39 is 0 Å². The molecular formula is C20H25ClN2O4. The molecule has 27 heavy (non-hydrogen) atoms. The number of amides is 2. The van der Waals surface area contributed by atoms with Crippen LogP contribution in [0.2, 0.25) is 5.02 Å². The summed E-state index contributed by atoms with van der Waals surface area (Å²) in [6, 6.07) is 3.30. The molecule has 6 nitrogen and oxygen atoms in total. The fourth-order valence-electron chi connectivity index (χ4n) is 4.22. The van der Waals surface area contributed by atoms with E-state index >= 15 is 0 Å². The van der Waals surface area contributed by atoms with Crippen LogP contribution in [-0.2, 0) is 4.79 Å². The topological polar surface area (TPSA) is 59.1 Å². The monoisotopic (exact) mass is 392 g/mol. The Kier molecular flexibility index (Phi) is 5.43. The minimum atomic E-state index is -0.0896. The lowest BCUT2D eigenvalue weighted by Crippen LogP contribution is -2.50. The Balaban J connectivity index is 1.30. The van der Waals surface area contributed by atoms with E-state index in [0.29, 0.717) is 54.7 Å². The molecule has 0 unspecified atom stereocenters. The summed E-state index contributed by atoms with van der Waals surface area (Å²) >= 11 is 6.18. The van der Waals surface area contributed by atoms with E-state index in [1.165, 1.54) is 25.7 Å². The lowest BCUT2D eigenvalue weighted by molar-refractivity contribution is -0.133. The Labute approximate surface area is 164 Å². The fraction of sp³-hybridized carbons (Fsp3) is 0.600. The van der Waals surface area contributed by atoms with Crippen LogP contribution in [0.15, 0.2) is 12.1 Å². The van der Waals surface area contributed by atoms with Gasteiger partial charge in [-0.05, 0) is 24.5 Å². The Morgan fingerprint density at radius 1 is 1.04 bits per heavy atom. The smallest absolute Gasteiger partial charge is 0.254 e. The van der Waals surface area contributed by atoms with Crippen LogP contribution in [-0.4, -0.2) is 54.6 Å². The first kappa shape index (κ1) is 18.4. The summed E-state index contributed by atoms with van der Waals surface area (Å²) in [7, 11) is 0. The number of carbonyl (C=O) groups is 2. The van der Waals surface area contributed by atoms with Crippen LogP contribution in [0.25, 0.3) is 0 Å². The molecular weight excluding hydrogens is 368 g/mol. The maximum atomic E-state index is 12.8. The van der Waals surface area contributed by atoms with Crippen molar-refractivity contribution in [1.29, 1.82) is 0 Å². The molecule has 1 aromatic rings. The van der Waals surface area contributed by atoms with Gasteiger partial charge in [-0.2, -0.15) is 0 Å². The summed E-state index contributed by atoms with van der Waals surface area (Å²) in [6.07, 6.45) is 6.80. The number of hydrogen-bond donors (Lipinski definition) is 0. The summed E-state index contributed by atoms with van der Waals surface area (Å²) in [5.41, 5.74) is 0.491. The number of benzene rings is 1. The van der Waals surface area contributed by atoms with Crippen molar-refractivity contribution in [1.82, 2.24) is 9.80 Å². The molecule has 0 radical (unpaired) electrons. The lowest BCUT2D eigenvalue weighted by Gasteiger charge is -2.35. The average Bonchev–Trinajstić information content (AvgIpc) is 3.37. The zero-order valence-corrected chi connectivity index (χ0v) is 16.2. The molecule has 2 amide bonds. The van der Waals surface area contributed by atoms with E-state index in [0.717, 1.165) is 12.3 Å². The largest absolute Gasteiger partial charge is 0.454 e. The van der Waals surface area contributed by atoms with Gasteiger partial charge in [0.05, 0.1) is 5.02 Å². The zero-order chi connectivity index (χ0) is 18.8. The van der Waals surface area contributed by atoms with Crippen LogP contribution >= 0.6 is 11.6 Å². The maximum Gasteiger partial charge on any atom is 0.254 e. The van der Waals surface area contributed by atoms with E-state index in [4.69, 9.17) is 21.1 Å². The van der Waals surface area contributed by atoms with Gasteiger partial charge in [-0.3, -0.25) is 9.59 Å². The van der Waals surface area contributed by atoms with E-state index in [2.05, 4.69) is 0 Å². The molecule has 2 heterocycles. The number of piperazine rings is 1. The minimum absolute atomic E-state index is 0.0896. The molecule has 1 aliphatic carbocycles. The van der Waals surface area contributed by atoms with Crippen LogP contribution in [0.5, 0.6) is 11.5 Å². The summed E-state index contributed by atoms with van der Waals surface area (Å²) in [4.78, 5) is 28.9. The van der Waals surface area contributed by atoms with E-state index in [1.54, 1.807) is 17.0 Å². The van der Waals surface area contributed by atoms with E-state index in [-0.39, 0.29) is 18.6 Å². The van der Waals surface area contributed by atoms with Gasteiger partial charge in [0.15, 0.2) is 11.5 Å². The first-order valence-corrected chi connectivity index (χ1v) is 10.2. The van der Waals surface area contributed by atoms with Crippen molar-refractivity contribution in [3.05, 3.63) is 22.7 Å². The van der Waals surface area contributed by atoms with Crippen molar-refractivity contribution in [3.8, 4) is 11.5 Å². The normalized spacial score (nSPS) is 19.6. The standard InChI is InChI=1S/C20H25ClN2O4/c21-16-11-15(12-17-19(16)27-13-26-17)20(25)23-9-7-22(8-10-23)18(24)6-5-14-3-1-2-4-14/h11-12,14H,1-10,13H2. The molecule has 7 heteroatoms. The van der Waals surface area contributed by atoms with Gasteiger partial charge in [-0.1, -0.05) is 37.3 Å². The van der Waals surface area contributed by atoms with Crippen molar-refractivity contribution in [2.75, 3.05) is 33.0 Å². The van der Waals surface area contributed by atoms with E-state index in [9.17, 15) is 9.59 Å². The third-order valence-corrected chi connectivity index (χ3v) is 6.12. The third kappa shape index (κ3) is 4.00. The molecule has 1 aromatic carbocycles. The van der Waals surface area contributed by atoms with Crippen LogP contribution in [0.3, 0.4) is 0 Å². The van der Waals surface area contributed by atoms with Gasteiger partial charge in [0, 0.05) is 38.2 Å². The molecule has 0 atom stereocenters. The van der Waals surface area contributed by atoms with E-state index in [1.807, 2.05) is 4.90 Å². The number of carbonyl (C=O) groups excluding carboxylic acids is 2. The van der Waals surface area contributed by atoms with Gasteiger partial charge in [-0.15, -0.1) is 0 Å². The predicted octanol–water partition coefficient (Wildman–Crippen LogP) is 3.32. The highest BCUT2D eigenvalue weighted by Crippen LogP contribution is 2.40. The van der Waals surface area contributed by atoms with Gasteiger partial charge in [0.2, 0.25) is 12.7 Å². The maximum absolute atomic E-state index is 12.8. The Bertz CT molecular complexity index is 725. The highest BCUT2D eigenvalue weighted by atomic mass is 35.5. The van der Waals surface area contributed by atoms with Crippen molar-refractivity contribution < 1.29 is 19.1 Å². The van der Waals surface area contributed by atoms with Gasteiger partial charge >= 0.3 is 0 Å².